The van der Waals surface area contributed by atoms with Crippen molar-refractivity contribution >= 4 is 27.9 Å². The number of aryl methyl sites for hydroxylation is 1. The van der Waals surface area contributed by atoms with Gasteiger partial charge >= 0.3 is 0 Å². The molecular formula is C21H21N5O2S. The van der Waals surface area contributed by atoms with Crippen LogP contribution in [0.25, 0.3) is 15.5 Å². The van der Waals surface area contributed by atoms with Gasteiger partial charge in [-0.3, -0.25) is 4.79 Å². The van der Waals surface area contributed by atoms with Crippen LogP contribution in [-0.2, 0) is 0 Å². The fourth-order valence-corrected chi connectivity index (χ4v) is 3.87. The number of rotatable bonds is 5. The molecule has 4 aromatic rings. The highest BCUT2D eigenvalue weighted by atomic mass is 32.1. The summed E-state index contributed by atoms with van der Waals surface area (Å²) < 4.78 is 7.13. The van der Waals surface area contributed by atoms with Gasteiger partial charge in [0, 0.05) is 11.1 Å². The molecule has 0 saturated carbocycles. The van der Waals surface area contributed by atoms with Crippen LogP contribution in [0.15, 0.2) is 42.5 Å². The number of carbonyl (C=O) groups is 1. The Labute approximate surface area is 172 Å². The number of aromatic nitrogens is 4. The second kappa shape index (κ2) is 7.63. The zero-order valence-electron chi connectivity index (χ0n) is 16.6. The van der Waals surface area contributed by atoms with Crippen molar-refractivity contribution in [2.24, 2.45) is 0 Å². The van der Waals surface area contributed by atoms with E-state index in [1.807, 2.05) is 49.4 Å². The molecule has 1 amide bonds. The number of hydrogen-bond acceptors (Lipinski definition) is 6. The number of amides is 1. The summed E-state index contributed by atoms with van der Waals surface area (Å²) in [5.74, 6) is 1.54. The van der Waals surface area contributed by atoms with Crippen LogP contribution in [0.5, 0.6) is 5.75 Å². The second-order valence-electron chi connectivity index (χ2n) is 6.99. The van der Waals surface area contributed by atoms with E-state index in [1.165, 1.54) is 16.9 Å². The monoisotopic (exact) mass is 407 g/mol. The molecule has 2 aromatic carbocycles. The van der Waals surface area contributed by atoms with Crippen LogP contribution in [0.3, 0.4) is 0 Å². The summed E-state index contributed by atoms with van der Waals surface area (Å²) in [6, 6.07) is 13.2. The third kappa shape index (κ3) is 3.71. The molecular weight excluding hydrogens is 386 g/mol. The highest BCUT2D eigenvalue weighted by molar-refractivity contribution is 7.19. The van der Waals surface area contributed by atoms with Gasteiger partial charge in [0.2, 0.25) is 4.96 Å². The van der Waals surface area contributed by atoms with E-state index >= 15 is 0 Å². The Balaban J connectivity index is 1.63. The number of nitrogens with one attached hydrogen (secondary N) is 1. The lowest BCUT2D eigenvalue weighted by Crippen LogP contribution is -2.12. The predicted molar refractivity (Wildman–Crippen MR) is 114 cm³/mol. The van der Waals surface area contributed by atoms with Crippen LogP contribution >= 0.6 is 11.3 Å². The average Bonchev–Trinajstić information content (AvgIpc) is 3.30. The van der Waals surface area contributed by atoms with Crippen LogP contribution in [-0.4, -0.2) is 32.8 Å². The number of hydrogen-bond donors (Lipinski definition) is 1. The zero-order valence-corrected chi connectivity index (χ0v) is 17.4. The summed E-state index contributed by atoms with van der Waals surface area (Å²) in [7, 11) is 1.58. The summed E-state index contributed by atoms with van der Waals surface area (Å²) in [4.78, 5) is 13.5. The lowest BCUT2D eigenvalue weighted by Gasteiger charge is -2.12. The number of fused-ring (bicyclic) bond motifs is 1. The Kier molecular flexibility index (Phi) is 5.02. The first-order valence-electron chi connectivity index (χ1n) is 9.25. The van der Waals surface area contributed by atoms with Crippen molar-refractivity contribution in [2.75, 3.05) is 12.4 Å². The quantitative estimate of drug-likeness (QED) is 0.525. The van der Waals surface area contributed by atoms with Gasteiger partial charge in [-0.1, -0.05) is 37.3 Å². The van der Waals surface area contributed by atoms with Crippen LogP contribution in [0.1, 0.15) is 41.5 Å². The maximum absolute atomic E-state index is 12.8. The highest BCUT2D eigenvalue weighted by Crippen LogP contribution is 2.33. The van der Waals surface area contributed by atoms with E-state index in [0.717, 1.165) is 21.4 Å². The number of nitrogens with zero attached hydrogens (tertiary/aromatic N) is 4. The van der Waals surface area contributed by atoms with Crippen LogP contribution in [0.4, 0.5) is 5.69 Å². The molecule has 2 aromatic heterocycles. The first-order valence-corrected chi connectivity index (χ1v) is 10.1. The van der Waals surface area contributed by atoms with Crippen molar-refractivity contribution in [2.45, 2.75) is 26.7 Å². The summed E-state index contributed by atoms with van der Waals surface area (Å²) in [5.41, 5.74) is 3.24. The van der Waals surface area contributed by atoms with E-state index in [2.05, 4.69) is 34.5 Å². The smallest absolute Gasteiger partial charge is 0.255 e. The SMILES string of the molecule is COc1ccc(-c2nn3c(C)nnc3s2)cc1NC(=O)c1ccc(C(C)C)cc1. The molecule has 0 aliphatic heterocycles. The standard InChI is InChI=1S/C21H21N5O2S/c1-12(2)14-5-7-15(8-6-14)19(27)22-17-11-16(9-10-18(17)28-4)20-25-26-13(3)23-24-21(26)29-20/h5-12H,1-4H3,(H,22,27). The van der Waals surface area contributed by atoms with Crippen molar-refractivity contribution in [1.82, 2.24) is 19.8 Å². The van der Waals surface area contributed by atoms with E-state index in [1.54, 1.807) is 11.6 Å². The largest absolute Gasteiger partial charge is 0.495 e. The van der Waals surface area contributed by atoms with E-state index in [-0.39, 0.29) is 5.91 Å². The van der Waals surface area contributed by atoms with Gasteiger partial charge in [0.1, 0.15) is 10.8 Å². The number of ether oxygens (including phenoxy) is 1. The molecule has 7 nitrogen and oxygen atoms in total. The Hall–Kier alpha value is -3.26. The molecule has 148 valence electrons. The molecule has 0 unspecified atom stereocenters. The van der Waals surface area contributed by atoms with Gasteiger partial charge in [-0.15, -0.1) is 10.2 Å². The lowest BCUT2D eigenvalue weighted by molar-refractivity contribution is 0.102. The first-order chi connectivity index (χ1) is 14.0. The Morgan fingerprint density at radius 1 is 1.14 bits per heavy atom. The number of methoxy groups -OCH3 is 1. The molecule has 0 saturated heterocycles. The third-order valence-corrected chi connectivity index (χ3v) is 5.63. The van der Waals surface area contributed by atoms with E-state index in [0.29, 0.717) is 22.9 Å². The molecule has 29 heavy (non-hydrogen) atoms. The van der Waals surface area contributed by atoms with Crippen molar-refractivity contribution in [3.8, 4) is 16.3 Å². The molecule has 0 radical (unpaired) electrons. The Morgan fingerprint density at radius 2 is 1.90 bits per heavy atom. The van der Waals surface area contributed by atoms with Crippen LogP contribution in [0.2, 0.25) is 0 Å². The summed E-state index contributed by atoms with van der Waals surface area (Å²) in [6.07, 6.45) is 0. The highest BCUT2D eigenvalue weighted by Gasteiger charge is 2.15. The van der Waals surface area contributed by atoms with Gasteiger partial charge in [0.15, 0.2) is 5.82 Å². The molecule has 4 rings (SSSR count). The molecule has 0 fully saturated rings. The van der Waals surface area contributed by atoms with E-state index < -0.39 is 0 Å². The van der Waals surface area contributed by atoms with Crippen molar-refractivity contribution < 1.29 is 9.53 Å². The van der Waals surface area contributed by atoms with Gasteiger partial charge in [0.25, 0.3) is 5.91 Å². The summed E-state index contributed by atoms with van der Waals surface area (Å²) in [5, 5.41) is 16.4. The third-order valence-electron chi connectivity index (χ3n) is 4.68. The van der Waals surface area contributed by atoms with Gasteiger partial charge in [-0.25, -0.2) is 0 Å². The molecule has 8 heteroatoms. The first kappa shape index (κ1) is 19.1. The van der Waals surface area contributed by atoms with E-state index in [9.17, 15) is 4.79 Å². The Morgan fingerprint density at radius 3 is 2.55 bits per heavy atom. The molecule has 0 atom stereocenters. The van der Waals surface area contributed by atoms with Crippen molar-refractivity contribution in [1.29, 1.82) is 0 Å². The topological polar surface area (TPSA) is 81.4 Å². The fraction of sp³-hybridized carbons (Fsp3) is 0.238. The minimum Gasteiger partial charge on any atom is -0.495 e. The van der Waals surface area contributed by atoms with Crippen molar-refractivity contribution in [3.63, 3.8) is 0 Å². The number of benzene rings is 2. The van der Waals surface area contributed by atoms with Crippen molar-refractivity contribution in [3.05, 3.63) is 59.4 Å². The number of anilines is 1. The Bertz CT molecular complexity index is 1180. The molecule has 2 heterocycles. The summed E-state index contributed by atoms with van der Waals surface area (Å²) >= 11 is 1.44. The minimum absolute atomic E-state index is 0.190. The fourth-order valence-electron chi connectivity index (χ4n) is 2.98. The zero-order chi connectivity index (χ0) is 20.5. The molecule has 1 N–H and O–H groups in total. The average molecular weight is 407 g/mol. The lowest BCUT2D eigenvalue weighted by atomic mass is 10.0. The maximum Gasteiger partial charge on any atom is 0.255 e. The van der Waals surface area contributed by atoms with Gasteiger partial charge < -0.3 is 10.1 Å². The van der Waals surface area contributed by atoms with Crippen LogP contribution < -0.4 is 10.1 Å². The minimum atomic E-state index is -0.190. The van der Waals surface area contributed by atoms with Crippen LogP contribution in [0, 0.1) is 6.92 Å². The predicted octanol–water partition coefficient (Wildman–Crippen LogP) is 4.55. The van der Waals surface area contributed by atoms with Gasteiger partial charge in [0.05, 0.1) is 12.8 Å². The normalized spacial score (nSPS) is 11.2. The molecule has 0 spiro atoms. The molecule has 0 aliphatic rings. The summed E-state index contributed by atoms with van der Waals surface area (Å²) in [6.45, 7) is 6.10. The van der Waals surface area contributed by atoms with Gasteiger partial charge in [-0.05, 0) is 48.7 Å². The van der Waals surface area contributed by atoms with E-state index in [4.69, 9.17) is 4.74 Å². The number of carbonyl (C=O) groups excluding carboxylic acids is 1. The molecule has 0 bridgehead atoms. The van der Waals surface area contributed by atoms with Gasteiger partial charge in [-0.2, -0.15) is 9.61 Å². The molecule has 0 aliphatic carbocycles. The second-order valence-corrected chi connectivity index (χ2v) is 7.95. The maximum atomic E-state index is 12.8.